The van der Waals surface area contributed by atoms with E-state index in [4.69, 9.17) is 9.47 Å². The number of benzene rings is 1. The number of carbonyl (C=O) groups excluding carboxylic acids is 1. The Labute approximate surface area is 169 Å². The molecule has 2 aliphatic rings. The third-order valence-electron chi connectivity index (χ3n) is 6.08. The zero-order valence-corrected chi connectivity index (χ0v) is 16.7. The molecule has 152 valence electrons. The number of aromatic nitrogens is 3. The molecular formula is C22H26N4O3. The number of hydrogen-bond donors (Lipinski definition) is 0. The molecule has 4 heterocycles. The van der Waals surface area contributed by atoms with E-state index in [0.29, 0.717) is 24.8 Å². The normalized spacial score (nSPS) is 20.4. The van der Waals surface area contributed by atoms with Gasteiger partial charge in [0.1, 0.15) is 17.5 Å². The number of fused-ring (bicyclic) bond motifs is 1. The Morgan fingerprint density at radius 2 is 2.03 bits per heavy atom. The molecule has 2 saturated heterocycles. The lowest BCUT2D eigenvalue weighted by Gasteiger charge is -2.32. The van der Waals surface area contributed by atoms with Crippen molar-refractivity contribution < 1.29 is 14.3 Å². The summed E-state index contributed by atoms with van der Waals surface area (Å²) in [6.07, 6.45) is 6.64. The first kappa shape index (κ1) is 18.2. The summed E-state index contributed by atoms with van der Waals surface area (Å²) in [5.41, 5.74) is 1.83. The van der Waals surface area contributed by atoms with Crippen molar-refractivity contribution in [3.05, 3.63) is 48.4 Å². The van der Waals surface area contributed by atoms with Gasteiger partial charge in [0.05, 0.1) is 18.2 Å². The second-order valence-corrected chi connectivity index (χ2v) is 7.88. The summed E-state index contributed by atoms with van der Waals surface area (Å²) in [7, 11) is 1.80. The molecule has 7 nitrogen and oxygen atoms in total. The fraction of sp³-hybridized carbons (Fsp3) is 0.455. The topological polar surface area (TPSA) is 61.5 Å². The lowest BCUT2D eigenvalue weighted by atomic mass is 10.1. The SMILES string of the molecule is Cn1nccc1C(=O)N1CCC(Oc2cccc3c2ccn3C2CCOC2)CC1. The molecular weight excluding hydrogens is 368 g/mol. The van der Waals surface area contributed by atoms with Gasteiger partial charge in [-0.25, -0.2) is 0 Å². The Morgan fingerprint density at radius 1 is 1.17 bits per heavy atom. The van der Waals surface area contributed by atoms with E-state index in [1.807, 2.05) is 11.0 Å². The van der Waals surface area contributed by atoms with E-state index >= 15 is 0 Å². The minimum atomic E-state index is 0.0430. The summed E-state index contributed by atoms with van der Waals surface area (Å²) in [6.45, 7) is 3.00. The summed E-state index contributed by atoms with van der Waals surface area (Å²) in [4.78, 5) is 14.6. The Hall–Kier alpha value is -2.80. The highest BCUT2D eigenvalue weighted by Gasteiger charge is 2.27. The summed E-state index contributed by atoms with van der Waals surface area (Å²) < 4.78 is 15.9. The van der Waals surface area contributed by atoms with Crippen LogP contribution in [0.1, 0.15) is 35.8 Å². The minimum Gasteiger partial charge on any atom is -0.490 e. The van der Waals surface area contributed by atoms with Crippen LogP contribution in [0.3, 0.4) is 0 Å². The van der Waals surface area contributed by atoms with Gasteiger partial charge in [-0.05, 0) is 30.7 Å². The highest BCUT2D eigenvalue weighted by atomic mass is 16.5. The van der Waals surface area contributed by atoms with Gasteiger partial charge in [-0.15, -0.1) is 0 Å². The first-order valence-corrected chi connectivity index (χ1v) is 10.3. The van der Waals surface area contributed by atoms with Gasteiger partial charge in [0, 0.05) is 57.4 Å². The Balaban J connectivity index is 1.26. The van der Waals surface area contributed by atoms with Crippen molar-refractivity contribution in [3.63, 3.8) is 0 Å². The van der Waals surface area contributed by atoms with Gasteiger partial charge in [-0.2, -0.15) is 5.10 Å². The summed E-state index contributed by atoms with van der Waals surface area (Å²) in [6, 6.07) is 10.6. The number of hydrogen-bond acceptors (Lipinski definition) is 4. The predicted molar refractivity (Wildman–Crippen MR) is 109 cm³/mol. The van der Waals surface area contributed by atoms with Gasteiger partial charge in [0.15, 0.2) is 0 Å². The number of nitrogens with zero attached hydrogens (tertiary/aromatic N) is 4. The number of amides is 1. The van der Waals surface area contributed by atoms with Gasteiger partial charge in [-0.3, -0.25) is 9.48 Å². The molecule has 0 aliphatic carbocycles. The van der Waals surface area contributed by atoms with Crippen LogP contribution in [-0.4, -0.2) is 57.6 Å². The van der Waals surface area contributed by atoms with Crippen LogP contribution in [0, 0.1) is 0 Å². The second kappa shape index (κ2) is 7.55. The van der Waals surface area contributed by atoms with Crippen molar-refractivity contribution >= 4 is 16.8 Å². The lowest BCUT2D eigenvalue weighted by molar-refractivity contribution is 0.0588. The van der Waals surface area contributed by atoms with Crippen LogP contribution in [0.5, 0.6) is 5.75 Å². The molecule has 0 saturated carbocycles. The highest BCUT2D eigenvalue weighted by Crippen LogP contribution is 2.32. The first-order valence-electron chi connectivity index (χ1n) is 10.3. The number of carbonyl (C=O) groups is 1. The van der Waals surface area contributed by atoms with Gasteiger partial charge in [0.2, 0.25) is 0 Å². The number of rotatable bonds is 4. The molecule has 0 spiro atoms. The number of ether oxygens (including phenoxy) is 2. The summed E-state index contributed by atoms with van der Waals surface area (Å²) >= 11 is 0. The number of aryl methyl sites for hydroxylation is 1. The van der Waals surface area contributed by atoms with Crippen molar-refractivity contribution in [1.29, 1.82) is 0 Å². The fourth-order valence-electron chi connectivity index (χ4n) is 4.42. The predicted octanol–water partition coefficient (Wildman–Crippen LogP) is 3.02. The molecule has 0 radical (unpaired) electrons. The molecule has 1 unspecified atom stereocenters. The van der Waals surface area contributed by atoms with Crippen molar-refractivity contribution in [2.24, 2.45) is 7.05 Å². The monoisotopic (exact) mass is 394 g/mol. The zero-order chi connectivity index (χ0) is 19.8. The van der Waals surface area contributed by atoms with Crippen LogP contribution in [0.2, 0.25) is 0 Å². The standard InChI is InChI=1S/C22H26N4O3/c1-24-20(5-10-23-24)22(27)25-11-6-17(7-12-25)29-21-4-2-3-19-18(21)8-13-26(19)16-9-14-28-15-16/h2-5,8,10,13,16-17H,6-7,9,11-12,14-15H2,1H3. The molecule has 5 rings (SSSR count). The molecule has 2 fully saturated rings. The van der Waals surface area contributed by atoms with E-state index in [2.05, 4.69) is 34.1 Å². The molecule has 1 amide bonds. The maximum atomic E-state index is 12.7. The van der Waals surface area contributed by atoms with Crippen molar-refractivity contribution in [3.8, 4) is 5.75 Å². The fourth-order valence-corrected chi connectivity index (χ4v) is 4.42. The Morgan fingerprint density at radius 3 is 2.76 bits per heavy atom. The molecule has 7 heteroatoms. The van der Waals surface area contributed by atoms with E-state index < -0.39 is 0 Å². The smallest absolute Gasteiger partial charge is 0.272 e. The molecule has 29 heavy (non-hydrogen) atoms. The quantitative estimate of drug-likeness (QED) is 0.683. The molecule has 2 aliphatic heterocycles. The van der Waals surface area contributed by atoms with Crippen LogP contribution in [0.15, 0.2) is 42.7 Å². The average molecular weight is 394 g/mol. The van der Waals surface area contributed by atoms with Crippen LogP contribution < -0.4 is 4.74 Å². The van der Waals surface area contributed by atoms with Gasteiger partial charge >= 0.3 is 0 Å². The number of likely N-dealkylation sites (tertiary alicyclic amines) is 1. The van der Waals surface area contributed by atoms with Crippen molar-refractivity contribution in [2.45, 2.75) is 31.4 Å². The van der Waals surface area contributed by atoms with Gasteiger partial charge < -0.3 is 18.9 Å². The van der Waals surface area contributed by atoms with Gasteiger partial charge in [-0.1, -0.05) is 6.07 Å². The van der Waals surface area contributed by atoms with E-state index in [0.717, 1.165) is 43.6 Å². The van der Waals surface area contributed by atoms with Crippen LogP contribution in [0.25, 0.3) is 10.9 Å². The molecule has 1 aromatic carbocycles. The van der Waals surface area contributed by atoms with Crippen molar-refractivity contribution in [1.82, 2.24) is 19.2 Å². The van der Waals surface area contributed by atoms with E-state index in [-0.39, 0.29) is 12.0 Å². The summed E-state index contributed by atoms with van der Waals surface area (Å²) in [5, 5.41) is 5.24. The third kappa shape index (κ3) is 3.40. The second-order valence-electron chi connectivity index (χ2n) is 7.88. The minimum absolute atomic E-state index is 0.0430. The van der Waals surface area contributed by atoms with Gasteiger partial charge in [0.25, 0.3) is 5.91 Å². The van der Waals surface area contributed by atoms with E-state index in [1.54, 1.807) is 24.0 Å². The van der Waals surface area contributed by atoms with Crippen LogP contribution in [-0.2, 0) is 11.8 Å². The molecule has 0 bridgehead atoms. The zero-order valence-electron chi connectivity index (χ0n) is 16.7. The Kier molecular flexibility index (Phi) is 4.75. The molecule has 3 aromatic rings. The molecule has 2 aromatic heterocycles. The lowest BCUT2D eigenvalue weighted by Crippen LogP contribution is -2.42. The van der Waals surface area contributed by atoms with Crippen LogP contribution >= 0.6 is 0 Å². The molecule has 1 atom stereocenters. The highest BCUT2D eigenvalue weighted by molar-refractivity contribution is 5.92. The third-order valence-corrected chi connectivity index (χ3v) is 6.08. The van der Waals surface area contributed by atoms with Crippen molar-refractivity contribution in [2.75, 3.05) is 26.3 Å². The number of piperidine rings is 1. The first-order chi connectivity index (χ1) is 14.2. The largest absolute Gasteiger partial charge is 0.490 e. The van der Waals surface area contributed by atoms with E-state index in [9.17, 15) is 4.79 Å². The summed E-state index contributed by atoms with van der Waals surface area (Å²) in [5.74, 6) is 0.970. The Bertz CT molecular complexity index is 1010. The maximum Gasteiger partial charge on any atom is 0.272 e. The van der Waals surface area contributed by atoms with E-state index in [1.165, 1.54) is 5.52 Å². The maximum absolute atomic E-state index is 12.7. The van der Waals surface area contributed by atoms with Crippen LogP contribution in [0.4, 0.5) is 0 Å². The molecule has 0 N–H and O–H groups in total. The average Bonchev–Trinajstić information content (AvgIpc) is 3.48.